The van der Waals surface area contributed by atoms with Gasteiger partial charge in [-0.2, -0.15) is 0 Å². The number of rotatable bonds is 4. The lowest BCUT2D eigenvalue weighted by Gasteiger charge is -2.16. The van der Waals surface area contributed by atoms with Crippen molar-refractivity contribution in [2.24, 2.45) is 11.5 Å². The summed E-state index contributed by atoms with van der Waals surface area (Å²) >= 11 is 0. The molecule has 0 aliphatic heterocycles. The van der Waals surface area contributed by atoms with E-state index in [2.05, 4.69) is 10.3 Å². The summed E-state index contributed by atoms with van der Waals surface area (Å²) in [6, 6.07) is 3.34. The molecule has 1 heterocycles. The van der Waals surface area contributed by atoms with Crippen LogP contribution in [0.1, 0.15) is 23.2 Å². The number of aromatic nitrogens is 1. The molecule has 0 unspecified atom stereocenters. The van der Waals surface area contributed by atoms with Crippen LogP contribution in [0, 0.1) is 0 Å². The fraction of sp³-hybridized carbons (Fsp3) is 0.400. The van der Waals surface area contributed by atoms with E-state index in [0.717, 1.165) is 12.8 Å². The first-order valence-corrected chi connectivity index (χ1v) is 4.90. The molecule has 1 fully saturated rings. The van der Waals surface area contributed by atoms with E-state index in [1.54, 1.807) is 18.3 Å². The second kappa shape index (κ2) is 3.51. The van der Waals surface area contributed by atoms with Crippen LogP contribution < -0.4 is 16.8 Å². The van der Waals surface area contributed by atoms with Gasteiger partial charge in [0, 0.05) is 12.7 Å². The third kappa shape index (κ3) is 1.92. The molecule has 0 atom stereocenters. The van der Waals surface area contributed by atoms with Crippen molar-refractivity contribution in [2.75, 3.05) is 11.9 Å². The van der Waals surface area contributed by atoms with Gasteiger partial charge in [0.05, 0.1) is 11.1 Å². The number of carbonyl (C=O) groups is 1. The molecule has 0 spiro atoms. The maximum atomic E-state index is 11.1. The molecule has 1 aliphatic carbocycles. The number of carbonyl (C=O) groups excluding carboxylic acids is 1. The van der Waals surface area contributed by atoms with Gasteiger partial charge < -0.3 is 16.8 Å². The molecule has 1 amide bonds. The highest BCUT2D eigenvalue weighted by Gasteiger charge is 2.42. The van der Waals surface area contributed by atoms with E-state index in [1.807, 2.05) is 0 Å². The smallest absolute Gasteiger partial charge is 0.252 e. The Morgan fingerprint density at radius 2 is 2.33 bits per heavy atom. The van der Waals surface area contributed by atoms with Gasteiger partial charge in [0.25, 0.3) is 5.91 Å². The topological polar surface area (TPSA) is 94.0 Å². The number of primary amides is 1. The van der Waals surface area contributed by atoms with Gasteiger partial charge in [-0.1, -0.05) is 0 Å². The lowest BCUT2D eigenvalue weighted by Crippen LogP contribution is -2.32. The van der Waals surface area contributed by atoms with E-state index < -0.39 is 5.91 Å². The molecule has 0 radical (unpaired) electrons. The molecule has 2 rings (SSSR count). The SMILES string of the molecule is NCC1(Nc2ncccc2C(N)=O)CC1. The summed E-state index contributed by atoms with van der Waals surface area (Å²) in [5.74, 6) is 0.0615. The predicted molar refractivity (Wildman–Crippen MR) is 57.4 cm³/mol. The van der Waals surface area contributed by atoms with E-state index in [0.29, 0.717) is 17.9 Å². The third-order valence-corrected chi connectivity index (χ3v) is 2.70. The van der Waals surface area contributed by atoms with Crippen LogP contribution >= 0.6 is 0 Å². The van der Waals surface area contributed by atoms with Crippen molar-refractivity contribution in [1.29, 1.82) is 0 Å². The second-order valence-electron chi connectivity index (χ2n) is 3.87. The Bertz CT molecular complexity index is 387. The molecule has 1 saturated carbocycles. The van der Waals surface area contributed by atoms with Crippen LogP contribution in [0.5, 0.6) is 0 Å². The van der Waals surface area contributed by atoms with Crippen molar-refractivity contribution < 1.29 is 4.79 Å². The molecule has 15 heavy (non-hydrogen) atoms. The minimum absolute atomic E-state index is 0.0709. The zero-order valence-corrected chi connectivity index (χ0v) is 8.36. The van der Waals surface area contributed by atoms with E-state index in [9.17, 15) is 4.79 Å². The molecule has 5 heteroatoms. The predicted octanol–water partition coefficient (Wildman–Crippen LogP) is 0.0837. The fourth-order valence-electron chi connectivity index (χ4n) is 1.49. The second-order valence-corrected chi connectivity index (χ2v) is 3.87. The van der Waals surface area contributed by atoms with Crippen LogP contribution in [-0.2, 0) is 0 Å². The summed E-state index contributed by atoms with van der Waals surface area (Å²) in [7, 11) is 0. The summed E-state index contributed by atoms with van der Waals surface area (Å²) in [5.41, 5.74) is 11.2. The van der Waals surface area contributed by atoms with Gasteiger partial charge >= 0.3 is 0 Å². The van der Waals surface area contributed by atoms with Crippen LogP contribution in [0.15, 0.2) is 18.3 Å². The molecule has 0 saturated heterocycles. The summed E-state index contributed by atoms with van der Waals surface area (Å²) in [5, 5.41) is 3.19. The zero-order valence-electron chi connectivity index (χ0n) is 8.36. The zero-order chi connectivity index (χ0) is 10.9. The average Bonchev–Trinajstić information content (AvgIpc) is 2.99. The van der Waals surface area contributed by atoms with Crippen molar-refractivity contribution in [3.63, 3.8) is 0 Å². The first kappa shape index (κ1) is 9.92. The standard InChI is InChI=1S/C10H14N4O/c11-6-10(3-4-10)14-9-7(8(12)15)2-1-5-13-9/h1-2,5H,3-4,6,11H2,(H2,12,15)(H,13,14). The molecular formula is C10H14N4O. The first-order chi connectivity index (χ1) is 7.17. The Balaban J connectivity index is 2.24. The Morgan fingerprint density at radius 3 is 2.87 bits per heavy atom. The Labute approximate surface area is 87.9 Å². The molecule has 5 nitrogen and oxygen atoms in total. The van der Waals surface area contributed by atoms with Crippen LogP contribution in [0.25, 0.3) is 0 Å². The summed E-state index contributed by atoms with van der Waals surface area (Å²) in [4.78, 5) is 15.2. The van der Waals surface area contributed by atoms with Crippen molar-refractivity contribution >= 4 is 11.7 Å². The lowest BCUT2D eigenvalue weighted by atomic mass is 10.2. The number of pyridine rings is 1. The minimum atomic E-state index is -0.474. The molecule has 1 aliphatic rings. The highest BCUT2D eigenvalue weighted by Crippen LogP contribution is 2.37. The highest BCUT2D eigenvalue weighted by molar-refractivity contribution is 5.97. The van der Waals surface area contributed by atoms with Crippen LogP contribution in [-0.4, -0.2) is 23.0 Å². The Kier molecular flexibility index (Phi) is 2.32. The van der Waals surface area contributed by atoms with Gasteiger partial charge in [-0.25, -0.2) is 4.98 Å². The molecule has 1 aromatic heterocycles. The number of hydrogen-bond acceptors (Lipinski definition) is 4. The van der Waals surface area contributed by atoms with E-state index in [1.165, 1.54) is 0 Å². The van der Waals surface area contributed by atoms with Crippen LogP contribution in [0.4, 0.5) is 5.82 Å². The number of nitrogens with two attached hydrogens (primary N) is 2. The summed E-state index contributed by atoms with van der Waals surface area (Å²) < 4.78 is 0. The highest BCUT2D eigenvalue weighted by atomic mass is 16.1. The number of anilines is 1. The van der Waals surface area contributed by atoms with E-state index >= 15 is 0 Å². The van der Waals surface area contributed by atoms with Crippen molar-refractivity contribution in [2.45, 2.75) is 18.4 Å². The van der Waals surface area contributed by atoms with Gasteiger partial charge in [-0.3, -0.25) is 4.79 Å². The molecule has 0 bridgehead atoms. The molecule has 80 valence electrons. The fourth-order valence-corrected chi connectivity index (χ4v) is 1.49. The normalized spacial score (nSPS) is 17.1. The van der Waals surface area contributed by atoms with Crippen LogP contribution in [0.3, 0.4) is 0 Å². The van der Waals surface area contributed by atoms with Crippen molar-refractivity contribution in [3.05, 3.63) is 23.9 Å². The lowest BCUT2D eigenvalue weighted by molar-refractivity contribution is 0.100. The van der Waals surface area contributed by atoms with Gasteiger partial charge in [0.1, 0.15) is 5.82 Å². The summed E-state index contributed by atoms with van der Waals surface area (Å²) in [6.07, 6.45) is 3.65. The summed E-state index contributed by atoms with van der Waals surface area (Å²) in [6.45, 7) is 0.543. The van der Waals surface area contributed by atoms with Gasteiger partial charge in [0.2, 0.25) is 0 Å². The molecule has 0 aromatic carbocycles. The minimum Gasteiger partial charge on any atom is -0.365 e. The third-order valence-electron chi connectivity index (χ3n) is 2.70. The van der Waals surface area contributed by atoms with Crippen molar-refractivity contribution in [3.8, 4) is 0 Å². The largest absolute Gasteiger partial charge is 0.365 e. The number of nitrogens with zero attached hydrogens (tertiary/aromatic N) is 1. The van der Waals surface area contributed by atoms with Crippen LogP contribution in [0.2, 0.25) is 0 Å². The quantitative estimate of drug-likeness (QED) is 0.650. The number of amides is 1. The number of hydrogen-bond donors (Lipinski definition) is 3. The van der Waals surface area contributed by atoms with Crippen molar-refractivity contribution in [1.82, 2.24) is 4.98 Å². The Hall–Kier alpha value is -1.62. The molecule has 5 N–H and O–H groups in total. The molecular weight excluding hydrogens is 192 g/mol. The molecule has 1 aromatic rings. The first-order valence-electron chi connectivity index (χ1n) is 4.90. The van der Waals surface area contributed by atoms with Gasteiger partial charge in [-0.05, 0) is 25.0 Å². The number of nitrogens with one attached hydrogen (secondary N) is 1. The maximum absolute atomic E-state index is 11.1. The van der Waals surface area contributed by atoms with E-state index in [4.69, 9.17) is 11.5 Å². The monoisotopic (exact) mass is 206 g/mol. The van der Waals surface area contributed by atoms with Gasteiger partial charge in [0.15, 0.2) is 0 Å². The Morgan fingerprint density at radius 1 is 1.60 bits per heavy atom. The average molecular weight is 206 g/mol. The maximum Gasteiger partial charge on any atom is 0.252 e. The van der Waals surface area contributed by atoms with E-state index in [-0.39, 0.29) is 5.54 Å². The van der Waals surface area contributed by atoms with Gasteiger partial charge in [-0.15, -0.1) is 0 Å².